The van der Waals surface area contributed by atoms with Gasteiger partial charge in [-0.3, -0.25) is 9.59 Å². The highest BCUT2D eigenvalue weighted by Crippen LogP contribution is 2.19. The summed E-state index contributed by atoms with van der Waals surface area (Å²) in [7, 11) is 0. The van der Waals surface area contributed by atoms with Gasteiger partial charge in [0.2, 0.25) is 0 Å². The van der Waals surface area contributed by atoms with Gasteiger partial charge in [-0.2, -0.15) is 0 Å². The van der Waals surface area contributed by atoms with Crippen molar-refractivity contribution in [1.29, 1.82) is 0 Å². The van der Waals surface area contributed by atoms with Gasteiger partial charge in [-0.05, 0) is 44.7 Å². The van der Waals surface area contributed by atoms with E-state index in [0.717, 1.165) is 41.8 Å². The number of rotatable bonds is 3. The van der Waals surface area contributed by atoms with Crippen molar-refractivity contribution >= 4 is 5.91 Å². The third-order valence-corrected chi connectivity index (χ3v) is 3.94. The highest BCUT2D eigenvalue weighted by atomic mass is 16.5. The van der Waals surface area contributed by atoms with Gasteiger partial charge in [0, 0.05) is 17.8 Å². The topological polar surface area (TPSA) is 88.0 Å². The van der Waals surface area contributed by atoms with Gasteiger partial charge in [-0.15, -0.1) is 0 Å². The number of aryl methyl sites for hydroxylation is 4. The molecule has 0 unspecified atom stereocenters. The predicted octanol–water partition coefficient (Wildman–Crippen LogP) is 1.40. The molecule has 21 heavy (non-hydrogen) atoms. The van der Waals surface area contributed by atoms with Crippen LogP contribution in [0.15, 0.2) is 15.4 Å². The van der Waals surface area contributed by atoms with Crippen LogP contribution in [0, 0.1) is 13.8 Å². The number of hydrogen-bond acceptors (Lipinski definition) is 4. The Hall–Kier alpha value is -2.37. The van der Waals surface area contributed by atoms with Crippen molar-refractivity contribution in [1.82, 2.24) is 15.5 Å². The lowest BCUT2D eigenvalue weighted by atomic mass is 10.1. The highest BCUT2D eigenvalue weighted by Gasteiger charge is 2.18. The zero-order chi connectivity index (χ0) is 15.0. The fourth-order valence-corrected chi connectivity index (χ4v) is 2.70. The molecule has 1 amide bonds. The lowest BCUT2D eigenvalue weighted by Gasteiger charge is -2.06. The molecule has 1 aliphatic carbocycles. The van der Waals surface area contributed by atoms with E-state index in [9.17, 15) is 9.59 Å². The molecule has 0 bridgehead atoms. The summed E-state index contributed by atoms with van der Waals surface area (Å²) in [4.78, 5) is 27.0. The molecule has 0 atom stereocenters. The fourth-order valence-electron chi connectivity index (χ4n) is 2.70. The smallest absolute Gasteiger partial charge is 0.261 e. The van der Waals surface area contributed by atoms with Gasteiger partial charge < -0.3 is 14.8 Å². The van der Waals surface area contributed by atoms with Gasteiger partial charge in [0.1, 0.15) is 11.3 Å². The molecule has 0 spiro atoms. The molecule has 6 heteroatoms. The number of carbonyl (C=O) groups excluding carboxylic acids is 1. The van der Waals surface area contributed by atoms with Crippen molar-refractivity contribution < 1.29 is 9.32 Å². The Morgan fingerprint density at radius 1 is 1.43 bits per heavy atom. The van der Waals surface area contributed by atoms with Crippen molar-refractivity contribution in [2.24, 2.45) is 0 Å². The number of nitrogens with one attached hydrogen (secondary N) is 2. The first-order chi connectivity index (χ1) is 10.1. The van der Waals surface area contributed by atoms with E-state index in [4.69, 9.17) is 4.52 Å². The third-order valence-electron chi connectivity index (χ3n) is 3.94. The summed E-state index contributed by atoms with van der Waals surface area (Å²) < 4.78 is 5.05. The first-order valence-electron chi connectivity index (χ1n) is 7.01. The van der Waals surface area contributed by atoms with Crippen molar-refractivity contribution in [3.8, 4) is 0 Å². The quantitative estimate of drug-likeness (QED) is 0.893. The summed E-state index contributed by atoms with van der Waals surface area (Å²) in [5.74, 6) is 0.307. The monoisotopic (exact) mass is 287 g/mol. The maximum absolute atomic E-state index is 12.2. The minimum absolute atomic E-state index is 0.169. The normalized spacial score (nSPS) is 13.2. The van der Waals surface area contributed by atoms with Crippen molar-refractivity contribution in [2.75, 3.05) is 0 Å². The van der Waals surface area contributed by atoms with E-state index >= 15 is 0 Å². The number of fused-ring (bicyclic) bond motifs is 1. The Morgan fingerprint density at radius 2 is 2.24 bits per heavy atom. The van der Waals surface area contributed by atoms with Gasteiger partial charge in [-0.1, -0.05) is 5.16 Å². The highest BCUT2D eigenvalue weighted by molar-refractivity contribution is 5.94. The van der Waals surface area contributed by atoms with E-state index in [0.29, 0.717) is 12.3 Å². The SMILES string of the molecule is Cc1noc(C)c1CNC(=O)c1cc2c([nH]c1=O)CCC2. The second kappa shape index (κ2) is 5.20. The van der Waals surface area contributed by atoms with Crippen molar-refractivity contribution in [3.63, 3.8) is 0 Å². The van der Waals surface area contributed by atoms with Gasteiger partial charge in [0.05, 0.1) is 5.69 Å². The van der Waals surface area contributed by atoms with E-state index in [2.05, 4.69) is 15.5 Å². The van der Waals surface area contributed by atoms with Crippen LogP contribution in [0.1, 0.15) is 45.1 Å². The van der Waals surface area contributed by atoms with E-state index in [1.54, 1.807) is 13.0 Å². The molecule has 0 aromatic carbocycles. The van der Waals surface area contributed by atoms with Crippen LogP contribution in [-0.2, 0) is 19.4 Å². The molecule has 0 saturated carbocycles. The number of pyridine rings is 1. The Labute approximate surface area is 121 Å². The molecular weight excluding hydrogens is 270 g/mol. The second-order valence-electron chi connectivity index (χ2n) is 5.35. The van der Waals surface area contributed by atoms with E-state index in [1.807, 2.05) is 6.92 Å². The summed E-state index contributed by atoms with van der Waals surface area (Å²) in [6.07, 6.45) is 2.82. The molecule has 2 N–H and O–H groups in total. The Morgan fingerprint density at radius 3 is 2.95 bits per heavy atom. The molecular formula is C15H17N3O3. The van der Waals surface area contributed by atoms with Gasteiger partial charge in [-0.25, -0.2) is 0 Å². The standard InChI is InChI=1S/C15H17N3O3/c1-8-12(9(2)21-18-8)7-16-14(19)11-6-10-4-3-5-13(10)17-15(11)20/h6H,3-5,7H2,1-2H3,(H,16,19)(H,17,20). The molecule has 0 radical (unpaired) electrons. The molecule has 0 fully saturated rings. The maximum atomic E-state index is 12.2. The number of aromatic nitrogens is 2. The number of H-pyrrole nitrogens is 1. The minimum Gasteiger partial charge on any atom is -0.361 e. The average molecular weight is 287 g/mol. The Bertz CT molecular complexity index is 739. The lowest BCUT2D eigenvalue weighted by molar-refractivity contribution is 0.0949. The van der Waals surface area contributed by atoms with Crippen LogP contribution in [0.5, 0.6) is 0 Å². The van der Waals surface area contributed by atoms with Crippen molar-refractivity contribution in [3.05, 3.63) is 50.3 Å². The predicted molar refractivity (Wildman–Crippen MR) is 76.2 cm³/mol. The van der Waals surface area contributed by atoms with Crippen LogP contribution in [0.4, 0.5) is 0 Å². The number of nitrogens with zero attached hydrogens (tertiary/aromatic N) is 1. The van der Waals surface area contributed by atoms with Gasteiger partial charge in [0.15, 0.2) is 0 Å². The minimum atomic E-state index is -0.369. The molecule has 1 aliphatic rings. The molecule has 2 aromatic rings. The van der Waals surface area contributed by atoms with Crippen LogP contribution in [0.25, 0.3) is 0 Å². The molecule has 2 aromatic heterocycles. The van der Waals surface area contributed by atoms with Gasteiger partial charge >= 0.3 is 0 Å². The van der Waals surface area contributed by atoms with Crippen LogP contribution >= 0.6 is 0 Å². The van der Waals surface area contributed by atoms with Gasteiger partial charge in [0.25, 0.3) is 11.5 Å². The zero-order valence-corrected chi connectivity index (χ0v) is 12.1. The summed E-state index contributed by atoms with van der Waals surface area (Å²) in [5.41, 5.74) is 3.46. The Kier molecular flexibility index (Phi) is 3.37. The molecule has 3 rings (SSSR count). The van der Waals surface area contributed by atoms with Crippen LogP contribution in [-0.4, -0.2) is 16.0 Å². The summed E-state index contributed by atoms with van der Waals surface area (Å²) >= 11 is 0. The molecule has 6 nitrogen and oxygen atoms in total. The number of carbonyl (C=O) groups is 1. The van der Waals surface area contributed by atoms with Crippen LogP contribution in [0.2, 0.25) is 0 Å². The largest absolute Gasteiger partial charge is 0.361 e. The zero-order valence-electron chi connectivity index (χ0n) is 12.1. The first kappa shape index (κ1) is 13.6. The fraction of sp³-hybridized carbons (Fsp3) is 0.400. The Balaban J connectivity index is 1.79. The maximum Gasteiger partial charge on any atom is 0.261 e. The number of hydrogen-bond donors (Lipinski definition) is 2. The number of aromatic amines is 1. The summed E-state index contributed by atoms with van der Waals surface area (Å²) in [5, 5.41) is 6.59. The second-order valence-corrected chi connectivity index (χ2v) is 5.35. The van der Waals surface area contributed by atoms with E-state index in [-0.39, 0.29) is 17.0 Å². The molecule has 0 aliphatic heterocycles. The van der Waals surface area contributed by atoms with Crippen LogP contribution in [0.3, 0.4) is 0 Å². The summed E-state index contributed by atoms with van der Waals surface area (Å²) in [6, 6.07) is 1.71. The first-order valence-corrected chi connectivity index (χ1v) is 7.01. The van der Waals surface area contributed by atoms with Crippen LogP contribution < -0.4 is 10.9 Å². The van der Waals surface area contributed by atoms with E-state index in [1.165, 1.54) is 0 Å². The van der Waals surface area contributed by atoms with E-state index < -0.39 is 0 Å². The van der Waals surface area contributed by atoms with Crippen molar-refractivity contribution in [2.45, 2.75) is 39.7 Å². The molecule has 0 saturated heterocycles. The molecule has 110 valence electrons. The number of amides is 1. The molecule has 2 heterocycles. The third kappa shape index (κ3) is 2.49. The average Bonchev–Trinajstić information content (AvgIpc) is 3.02. The summed E-state index contributed by atoms with van der Waals surface area (Å²) in [6.45, 7) is 3.92. The lowest BCUT2D eigenvalue weighted by Crippen LogP contribution is -2.30.